The fourth-order valence-corrected chi connectivity index (χ4v) is 2.26. The zero-order valence-electron chi connectivity index (χ0n) is 9.84. The average molecular weight is 261 g/mol. The SMILES string of the molecule is CCCCN(CCC)c1c(Cl)cncc1Cl. The van der Waals surface area contributed by atoms with Crippen LogP contribution in [0.5, 0.6) is 0 Å². The molecule has 0 aliphatic carbocycles. The van der Waals surface area contributed by atoms with Crippen molar-refractivity contribution < 1.29 is 0 Å². The van der Waals surface area contributed by atoms with Crippen LogP contribution in [0.15, 0.2) is 12.4 Å². The number of hydrogen-bond acceptors (Lipinski definition) is 2. The molecule has 1 heterocycles. The van der Waals surface area contributed by atoms with Crippen molar-refractivity contribution in [3.63, 3.8) is 0 Å². The summed E-state index contributed by atoms with van der Waals surface area (Å²) in [7, 11) is 0. The van der Waals surface area contributed by atoms with Crippen LogP contribution in [0, 0.1) is 0 Å². The van der Waals surface area contributed by atoms with Crippen LogP contribution in [0.1, 0.15) is 33.1 Å². The second kappa shape index (κ2) is 6.97. The molecule has 16 heavy (non-hydrogen) atoms. The van der Waals surface area contributed by atoms with Crippen molar-refractivity contribution in [1.82, 2.24) is 4.98 Å². The molecule has 0 N–H and O–H groups in total. The van der Waals surface area contributed by atoms with Crippen molar-refractivity contribution in [3.05, 3.63) is 22.4 Å². The van der Waals surface area contributed by atoms with Crippen LogP contribution < -0.4 is 4.90 Å². The van der Waals surface area contributed by atoms with E-state index < -0.39 is 0 Å². The summed E-state index contributed by atoms with van der Waals surface area (Å²) >= 11 is 12.3. The molecule has 0 amide bonds. The van der Waals surface area contributed by atoms with Crippen LogP contribution >= 0.6 is 23.2 Å². The van der Waals surface area contributed by atoms with Gasteiger partial charge in [-0.25, -0.2) is 0 Å². The van der Waals surface area contributed by atoms with Gasteiger partial charge < -0.3 is 4.90 Å². The van der Waals surface area contributed by atoms with E-state index in [4.69, 9.17) is 23.2 Å². The van der Waals surface area contributed by atoms with E-state index in [1.165, 1.54) is 6.42 Å². The van der Waals surface area contributed by atoms with Crippen LogP contribution in [-0.2, 0) is 0 Å². The maximum Gasteiger partial charge on any atom is 0.0838 e. The van der Waals surface area contributed by atoms with Crippen LogP contribution in [0.4, 0.5) is 5.69 Å². The molecule has 0 spiro atoms. The standard InChI is InChI=1S/C12H18Cl2N2/c1-3-5-7-16(6-4-2)12-10(13)8-15-9-11(12)14/h8-9H,3-7H2,1-2H3. The lowest BCUT2D eigenvalue weighted by Gasteiger charge is -2.25. The van der Waals surface area contributed by atoms with Gasteiger partial charge >= 0.3 is 0 Å². The number of pyridine rings is 1. The van der Waals surface area contributed by atoms with E-state index in [1.807, 2.05) is 0 Å². The van der Waals surface area contributed by atoms with Crippen LogP contribution in [0.2, 0.25) is 10.0 Å². The van der Waals surface area contributed by atoms with Crippen LogP contribution in [0.3, 0.4) is 0 Å². The Morgan fingerprint density at radius 2 is 1.69 bits per heavy atom. The Hall–Kier alpha value is -0.470. The molecule has 0 aliphatic heterocycles. The lowest BCUT2D eigenvalue weighted by Crippen LogP contribution is -2.25. The maximum atomic E-state index is 6.15. The molecule has 4 heteroatoms. The Morgan fingerprint density at radius 1 is 1.06 bits per heavy atom. The van der Waals surface area contributed by atoms with Gasteiger partial charge in [0.1, 0.15) is 0 Å². The largest absolute Gasteiger partial charge is 0.369 e. The molecule has 0 atom stereocenters. The number of halogens is 2. The monoisotopic (exact) mass is 260 g/mol. The Bertz CT molecular complexity index is 309. The summed E-state index contributed by atoms with van der Waals surface area (Å²) in [4.78, 5) is 6.22. The Balaban J connectivity index is 2.90. The highest BCUT2D eigenvalue weighted by molar-refractivity contribution is 6.38. The van der Waals surface area contributed by atoms with Gasteiger partial charge in [-0.05, 0) is 12.8 Å². The summed E-state index contributed by atoms with van der Waals surface area (Å²) in [6.07, 6.45) is 6.70. The van der Waals surface area contributed by atoms with Gasteiger partial charge in [0.15, 0.2) is 0 Å². The number of unbranched alkanes of at least 4 members (excludes halogenated alkanes) is 1. The second-order valence-electron chi connectivity index (χ2n) is 3.79. The fraction of sp³-hybridized carbons (Fsp3) is 0.583. The molecule has 0 saturated carbocycles. The summed E-state index contributed by atoms with van der Waals surface area (Å²) < 4.78 is 0. The molecule has 0 radical (unpaired) electrons. The molecule has 1 rings (SSSR count). The van der Waals surface area contributed by atoms with Gasteiger partial charge in [-0.2, -0.15) is 0 Å². The number of rotatable bonds is 6. The molecule has 1 aromatic rings. The van der Waals surface area contributed by atoms with E-state index in [0.717, 1.165) is 31.6 Å². The third-order valence-corrected chi connectivity index (χ3v) is 2.97. The number of aromatic nitrogens is 1. The normalized spacial score (nSPS) is 10.5. The summed E-state index contributed by atoms with van der Waals surface area (Å²) in [6, 6.07) is 0. The van der Waals surface area contributed by atoms with Gasteiger partial charge in [-0.15, -0.1) is 0 Å². The Morgan fingerprint density at radius 3 is 2.19 bits per heavy atom. The molecule has 0 fully saturated rings. The fourth-order valence-electron chi connectivity index (χ4n) is 1.66. The Labute approximate surface area is 108 Å². The highest BCUT2D eigenvalue weighted by Crippen LogP contribution is 2.32. The lowest BCUT2D eigenvalue weighted by molar-refractivity contribution is 0.704. The first-order valence-electron chi connectivity index (χ1n) is 5.74. The van der Waals surface area contributed by atoms with Crippen molar-refractivity contribution in [3.8, 4) is 0 Å². The first-order valence-corrected chi connectivity index (χ1v) is 6.50. The smallest absolute Gasteiger partial charge is 0.0838 e. The molecule has 0 aromatic carbocycles. The quantitative estimate of drug-likeness (QED) is 0.754. The minimum absolute atomic E-state index is 0.636. The van der Waals surface area contributed by atoms with Crippen LogP contribution in [0.25, 0.3) is 0 Å². The van der Waals surface area contributed by atoms with Crippen molar-refractivity contribution in [2.24, 2.45) is 0 Å². The second-order valence-corrected chi connectivity index (χ2v) is 4.61. The van der Waals surface area contributed by atoms with Gasteiger partial charge in [0.05, 0.1) is 15.7 Å². The van der Waals surface area contributed by atoms with Gasteiger partial charge in [0.25, 0.3) is 0 Å². The number of anilines is 1. The minimum atomic E-state index is 0.636. The summed E-state index contributed by atoms with van der Waals surface area (Å²) in [5.74, 6) is 0. The zero-order chi connectivity index (χ0) is 12.0. The van der Waals surface area contributed by atoms with Crippen molar-refractivity contribution in [2.75, 3.05) is 18.0 Å². The van der Waals surface area contributed by atoms with Crippen molar-refractivity contribution in [1.29, 1.82) is 0 Å². The van der Waals surface area contributed by atoms with Crippen molar-refractivity contribution >= 4 is 28.9 Å². The van der Waals surface area contributed by atoms with Gasteiger partial charge in [-0.1, -0.05) is 43.5 Å². The minimum Gasteiger partial charge on any atom is -0.369 e. The van der Waals surface area contributed by atoms with E-state index >= 15 is 0 Å². The van der Waals surface area contributed by atoms with E-state index in [9.17, 15) is 0 Å². The Kier molecular flexibility index (Phi) is 5.93. The first kappa shape index (κ1) is 13.6. The molecule has 2 nitrogen and oxygen atoms in total. The third kappa shape index (κ3) is 3.53. The topological polar surface area (TPSA) is 16.1 Å². The number of nitrogens with zero attached hydrogens (tertiary/aromatic N) is 2. The summed E-state index contributed by atoms with van der Waals surface area (Å²) in [5, 5.41) is 1.27. The first-order chi connectivity index (χ1) is 7.70. The average Bonchev–Trinajstić information content (AvgIpc) is 2.25. The molecular formula is C12H18Cl2N2. The van der Waals surface area contributed by atoms with Gasteiger partial charge in [-0.3, -0.25) is 4.98 Å². The molecular weight excluding hydrogens is 243 g/mol. The van der Waals surface area contributed by atoms with E-state index in [-0.39, 0.29) is 0 Å². The molecule has 90 valence electrons. The maximum absolute atomic E-state index is 6.15. The molecule has 1 aromatic heterocycles. The summed E-state index contributed by atoms with van der Waals surface area (Å²) in [5.41, 5.74) is 0.925. The lowest BCUT2D eigenvalue weighted by atomic mass is 10.2. The molecule has 0 saturated heterocycles. The van der Waals surface area contributed by atoms with E-state index in [1.54, 1.807) is 12.4 Å². The molecule has 0 unspecified atom stereocenters. The predicted molar refractivity (Wildman–Crippen MR) is 71.7 cm³/mol. The zero-order valence-corrected chi connectivity index (χ0v) is 11.4. The van der Waals surface area contributed by atoms with Crippen LogP contribution in [-0.4, -0.2) is 18.1 Å². The third-order valence-electron chi connectivity index (χ3n) is 2.42. The highest BCUT2D eigenvalue weighted by Gasteiger charge is 2.13. The predicted octanol–water partition coefficient (Wildman–Crippen LogP) is 4.40. The molecule has 0 aliphatic rings. The van der Waals surface area contributed by atoms with E-state index in [0.29, 0.717) is 10.0 Å². The highest BCUT2D eigenvalue weighted by atomic mass is 35.5. The van der Waals surface area contributed by atoms with Gasteiger partial charge in [0, 0.05) is 25.5 Å². The number of hydrogen-bond donors (Lipinski definition) is 0. The summed E-state index contributed by atoms with van der Waals surface area (Å²) in [6.45, 7) is 6.30. The van der Waals surface area contributed by atoms with Crippen molar-refractivity contribution in [2.45, 2.75) is 33.1 Å². The van der Waals surface area contributed by atoms with Gasteiger partial charge in [0.2, 0.25) is 0 Å². The van der Waals surface area contributed by atoms with E-state index in [2.05, 4.69) is 23.7 Å². The molecule has 0 bridgehead atoms.